The minimum Gasteiger partial charge on any atom is -0.495 e. The van der Waals surface area contributed by atoms with Crippen LogP contribution in [0, 0.1) is 6.92 Å². The van der Waals surface area contributed by atoms with Crippen molar-refractivity contribution in [2.45, 2.75) is 6.92 Å². The third kappa shape index (κ3) is 1.34. The summed E-state index contributed by atoms with van der Waals surface area (Å²) < 4.78 is 16.4. The van der Waals surface area contributed by atoms with Crippen molar-refractivity contribution in [1.82, 2.24) is 4.98 Å². The molecular formula is C15H13NO3. The van der Waals surface area contributed by atoms with Gasteiger partial charge in [0.25, 0.3) is 0 Å². The number of hydrogen-bond acceptors (Lipinski definition) is 3. The molecule has 0 unspecified atom stereocenters. The SMILES string of the molecule is COc1cc(C)cc2c1[nH]c1c3c(ccc12)OCO3. The van der Waals surface area contributed by atoms with E-state index in [1.165, 1.54) is 5.56 Å². The number of fused-ring (bicyclic) bond motifs is 5. The summed E-state index contributed by atoms with van der Waals surface area (Å²) in [7, 11) is 1.68. The molecule has 1 N–H and O–H groups in total. The van der Waals surface area contributed by atoms with E-state index in [-0.39, 0.29) is 6.79 Å². The molecule has 4 nitrogen and oxygen atoms in total. The van der Waals surface area contributed by atoms with Crippen LogP contribution in [0.2, 0.25) is 0 Å². The van der Waals surface area contributed by atoms with Gasteiger partial charge in [0, 0.05) is 10.8 Å². The Morgan fingerprint density at radius 2 is 2.00 bits per heavy atom. The number of ether oxygens (including phenoxy) is 3. The van der Waals surface area contributed by atoms with Crippen molar-refractivity contribution in [1.29, 1.82) is 0 Å². The Kier molecular flexibility index (Phi) is 1.98. The van der Waals surface area contributed by atoms with Gasteiger partial charge in [-0.2, -0.15) is 0 Å². The van der Waals surface area contributed by atoms with Crippen LogP contribution in [-0.2, 0) is 0 Å². The quantitative estimate of drug-likeness (QED) is 0.725. The van der Waals surface area contributed by atoms with Gasteiger partial charge in [0.15, 0.2) is 11.5 Å². The van der Waals surface area contributed by atoms with Crippen molar-refractivity contribution in [2.75, 3.05) is 13.9 Å². The average Bonchev–Trinajstić information content (AvgIpc) is 3.00. The number of aryl methyl sites for hydroxylation is 1. The Balaban J connectivity index is 2.18. The summed E-state index contributed by atoms with van der Waals surface area (Å²) in [5.74, 6) is 2.42. The molecule has 19 heavy (non-hydrogen) atoms. The zero-order valence-electron chi connectivity index (χ0n) is 10.7. The highest BCUT2D eigenvalue weighted by Gasteiger charge is 2.20. The largest absolute Gasteiger partial charge is 0.495 e. The maximum absolute atomic E-state index is 5.55. The molecule has 4 rings (SSSR count). The third-order valence-corrected chi connectivity index (χ3v) is 3.55. The van der Waals surface area contributed by atoms with Crippen LogP contribution in [0.4, 0.5) is 0 Å². The van der Waals surface area contributed by atoms with Crippen molar-refractivity contribution in [3.63, 3.8) is 0 Å². The van der Waals surface area contributed by atoms with Gasteiger partial charge in [0.05, 0.1) is 18.1 Å². The van der Waals surface area contributed by atoms with Crippen LogP contribution in [0.5, 0.6) is 17.2 Å². The Hall–Kier alpha value is -2.36. The third-order valence-electron chi connectivity index (χ3n) is 3.55. The number of methoxy groups -OCH3 is 1. The zero-order valence-corrected chi connectivity index (χ0v) is 10.7. The Morgan fingerprint density at radius 1 is 1.11 bits per heavy atom. The van der Waals surface area contributed by atoms with Crippen LogP contribution < -0.4 is 14.2 Å². The number of benzene rings is 2. The molecule has 0 radical (unpaired) electrons. The van der Waals surface area contributed by atoms with Gasteiger partial charge >= 0.3 is 0 Å². The van der Waals surface area contributed by atoms with E-state index < -0.39 is 0 Å². The van der Waals surface area contributed by atoms with Crippen LogP contribution in [0.25, 0.3) is 21.8 Å². The lowest BCUT2D eigenvalue weighted by atomic mass is 10.1. The predicted molar refractivity (Wildman–Crippen MR) is 73.2 cm³/mol. The highest BCUT2D eigenvalue weighted by atomic mass is 16.7. The van der Waals surface area contributed by atoms with Gasteiger partial charge in [-0.05, 0) is 36.8 Å². The van der Waals surface area contributed by atoms with Crippen molar-refractivity contribution in [3.05, 3.63) is 29.8 Å². The van der Waals surface area contributed by atoms with Crippen LogP contribution in [0.1, 0.15) is 5.56 Å². The summed E-state index contributed by atoms with van der Waals surface area (Å²) in [6, 6.07) is 8.18. The molecule has 0 bridgehead atoms. The number of aromatic amines is 1. The lowest BCUT2D eigenvalue weighted by molar-refractivity contribution is 0.174. The Morgan fingerprint density at radius 3 is 2.84 bits per heavy atom. The fourth-order valence-electron chi connectivity index (χ4n) is 2.70. The minimum atomic E-state index is 0.278. The minimum absolute atomic E-state index is 0.278. The zero-order chi connectivity index (χ0) is 13.0. The molecule has 0 fully saturated rings. The molecule has 0 spiro atoms. The molecule has 0 saturated carbocycles. The van der Waals surface area contributed by atoms with E-state index >= 15 is 0 Å². The molecule has 0 aliphatic carbocycles. The summed E-state index contributed by atoms with van der Waals surface area (Å²) in [5, 5.41) is 2.27. The number of hydrogen-bond donors (Lipinski definition) is 1. The molecular weight excluding hydrogens is 242 g/mol. The highest BCUT2D eigenvalue weighted by molar-refractivity contribution is 6.12. The molecule has 0 amide bonds. The van der Waals surface area contributed by atoms with Gasteiger partial charge in [-0.1, -0.05) is 0 Å². The normalized spacial score (nSPS) is 13.4. The molecule has 3 aromatic rings. The first-order chi connectivity index (χ1) is 9.28. The van der Waals surface area contributed by atoms with E-state index in [2.05, 4.69) is 24.0 Å². The fraction of sp³-hybridized carbons (Fsp3) is 0.200. The van der Waals surface area contributed by atoms with Crippen molar-refractivity contribution in [2.24, 2.45) is 0 Å². The van der Waals surface area contributed by atoms with Gasteiger partial charge in [-0.3, -0.25) is 0 Å². The first-order valence-corrected chi connectivity index (χ1v) is 6.16. The number of rotatable bonds is 1. The maximum Gasteiger partial charge on any atom is 0.231 e. The Bertz CT molecular complexity index is 804. The number of nitrogens with one attached hydrogen (secondary N) is 1. The van der Waals surface area contributed by atoms with E-state index in [0.29, 0.717) is 0 Å². The van der Waals surface area contributed by atoms with E-state index in [4.69, 9.17) is 14.2 Å². The molecule has 96 valence electrons. The van der Waals surface area contributed by atoms with Gasteiger partial charge in [-0.15, -0.1) is 0 Å². The van der Waals surface area contributed by atoms with Crippen molar-refractivity contribution < 1.29 is 14.2 Å². The van der Waals surface area contributed by atoms with Gasteiger partial charge in [-0.25, -0.2) is 0 Å². The number of H-pyrrole nitrogens is 1. The Labute approximate surface area is 109 Å². The fourth-order valence-corrected chi connectivity index (χ4v) is 2.70. The van der Waals surface area contributed by atoms with Crippen LogP contribution >= 0.6 is 0 Å². The maximum atomic E-state index is 5.55. The predicted octanol–water partition coefficient (Wildman–Crippen LogP) is 3.37. The lowest BCUT2D eigenvalue weighted by Gasteiger charge is -2.03. The van der Waals surface area contributed by atoms with Gasteiger partial charge in [0.1, 0.15) is 5.75 Å². The van der Waals surface area contributed by atoms with E-state index in [0.717, 1.165) is 39.1 Å². The highest BCUT2D eigenvalue weighted by Crippen LogP contribution is 2.43. The molecule has 2 aromatic carbocycles. The van der Waals surface area contributed by atoms with Crippen LogP contribution in [-0.4, -0.2) is 18.9 Å². The summed E-state index contributed by atoms with van der Waals surface area (Å²) in [4.78, 5) is 3.40. The average molecular weight is 255 g/mol. The molecule has 2 heterocycles. The molecule has 1 aromatic heterocycles. The standard InChI is InChI=1S/C15H13NO3/c1-8-5-10-9-3-4-11-15(19-7-18-11)14(9)16-13(10)12(6-8)17-2/h3-6,16H,7H2,1-2H3. The summed E-state index contributed by atoms with van der Waals surface area (Å²) in [5.41, 5.74) is 3.13. The lowest BCUT2D eigenvalue weighted by Crippen LogP contribution is -1.93. The van der Waals surface area contributed by atoms with E-state index in [1.54, 1.807) is 7.11 Å². The van der Waals surface area contributed by atoms with E-state index in [9.17, 15) is 0 Å². The van der Waals surface area contributed by atoms with Crippen molar-refractivity contribution in [3.8, 4) is 17.2 Å². The first-order valence-electron chi connectivity index (χ1n) is 6.16. The summed E-state index contributed by atoms with van der Waals surface area (Å²) in [6.07, 6.45) is 0. The topological polar surface area (TPSA) is 43.5 Å². The summed E-state index contributed by atoms with van der Waals surface area (Å²) in [6.45, 7) is 2.34. The van der Waals surface area contributed by atoms with Crippen LogP contribution in [0.15, 0.2) is 24.3 Å². The van der Waals surface area contributed by atoms with Crippen molar-refractivity contribution >= 4 is 21.8 Å². The molecule has 0 atom stereocenters. The van der Waals surface area contributed by atoms with Crippen LogP contribution in [0.3, 0.4) is 0 Å². The first kappa shape index (κ1) is 10.6. The monoisotopic (exact) mass is 255 g/mol. The smallest absolute Gasteiger partial charge is 0.231 e. The second kappa shape index (κ2) is 3.57. The number of aromatic nitrogens is 1. The second-order valence-electron chi connectivity index (χ2n) is 4.74. The molecule has 0 saturated heterocycles. The second-order valence-corrected chi connectivity index (χ2v) is 4.74. The van der Waals surface area contributed by atoms with E-state index in [1.807, 2.05) is 12.1 Å². The molecule has 1 aliphatic rings. The van der Waals surface area contributed by atoms with Gasteiger partial charge in [0.2, 0.25) is 6.79 Å². The summed E-state index contributed by atoms with van der Waals surface area (Å²) >= 11 is 0. The molecule has 1 aliphatic heterocycles. The molecule has 4 heteroatoms. The van der Waals surface area contributed by atoms with Gasteiger partial charge < -0.3 is 19.2 Å².